The van der Waals surface area contributed by atoms with Gasteiger partial charge < -0.3 is 0 Å². The molecular weight excluding hydrogens is 158 g/mol. The highest BCUT2D eigenvalue weighted by Crippen LogP contribution is 2.44. The van der Waals surface area contributed by atoms with Crippen LogP contribution in [0.1, 0.15) is 0 Å². The molecule has 1 saturated heterocycles. The van der Waals surface area contributed by atoms with E-state index in [1.54, 1.807) is 0 Å². The van der Waals surface area contributed by atoms with Gasteiger partial charge in [-0.15, -0.1) is 9.35 Å². The highest BCUT2D eigenvalue weighted by Gasteiger charge is 2.15. The summed E-state index contributed by atoms with van der Waals surface area (Å²) in [6, 6.07) is 0. The van der Waals surface area contributed by atoms with Gasteiger partial charge in [0.1, 0.15) is 0 Å². The van der Waals surface area contributed by atoms with Crippen molar-refractivity contribution in [2.24, 2.45) is 0 Å². The van der Waals surface area contributed by atoms with Crippen LogP contribution in [0.15, 0.2) is 0 Å². The van der Waals surface area contributed by atoms with Crippen LogP contribution in [-0.4, -0.2) is 0 Å². The van der Waals surface area contributed by atoms with Crippen molar-refractivity contribution in [3.63, 3.8) is 0 Å². The molecule has 6 nitrogen and oxygen atoms in total. The van der Waals surface area contributed by atoms with Crippen LogP contribution in [0, 0.1) is 0 Å². The maximum absolute atomic E-state index is 10.0. The van der Waals surface area contributed by atoms with Crippen molar-refractivity contribution in [3.05, 3.63) is 0 Å². The van der Waals surface area contributed by atoms with E-state index in [-0.39, 0.29) is 0 Å². The first-order valence-corrected chi connectivity index (χ1v) is 4.01. The summed E-state index contributed by atoms with van der Waals surface area (Å²) in [6.07, 6.45) is 0. The van der Waals surface area contributed by atoms with Gasteiger partial charge in [-0.2, -0.15) is 0 Å². The van der Waals surface area contributed by atoms with Gasteiger partial charge >= 0.3 is 16.5 Å². The minimum Gasteiger partial charge on any atom is -0.260 e. The Bertz CT molecular complexity index is 112. The minimum atomic E-state index is -2.71. The van der Waals surface area contributed by atoms with E-state index in [1.807, 2.05) is 0 Å². The first kappa shape index (κ1) is 6.42. The quantitative estimate of drug-likeness (QED) is 0.383. The normalized spacial score (nSPS) is 39.5. The van der Waals surface area contributed by atoms with Gasteiger partial charge in [0.2, 0.25) is 0 Å². The van der Waals surface area contributed by atoms with E-state index < -0.39 is 16.5 Å². The summed E-state index contributed by atoms with van der Waals surface area (Å²) in [4.78, 5) is 0. The molecule has 0 aromatic carbocycles. The summed E-state index contributed by atoms with van der Waals surface area (Å²) in [5.74, 6) is 0. The summed E-state index contributed by atoms with van der Waals surface area (Å²) in [5.41, 5.74) is 0. The Hall–Kier alpha value is 0.300. The van der Waals surface area contributed by atoms with Gasteiger partial charge in [0.05, 0.1) is 0 Å². The van der Waals surface area contributed by atoms with Gasteiger partial charge in [0.15, 0.2) is 0 Å². The van der Waals surface area contributed by atoms with Crippen molar-refractivity contribution >= 4 is 16.5 Å². The highest BCUT2D eigenvalue weighted by molar-refractivity contribution is 7.47. The molecule has 0 N–H and O–H groups in total. The van der Waals surface area contributed by atoms with Crippen molar-refractivity contribution in [2.75, 3.05) is 0 Å². The van der Waals surface area contributed by atoms with E-state index >= 15 is 0 Å². The molecule has 0 aromatic rings. The SMILES string of the molecule is O=[PH]1OOO[PH](=O)O1. The molecule has 2 unspecified atom stereocenters. The van der Waals surface area contributed by atoms with Crippen molar-refractivity contribution < 1.29 is 27.8 Å². The van der Waals surface area contributed by atoms with Crippen LogP contribution in [0.5, 0.6) is 0 Å². The minimum absolute atomic E-state index is 2.71. The Morgan fingerprint density at radius 2 is 1.50 bits per heavy atom. The van der Waals surface area contributed by atoms with E-state index in [2.05, 4.69) is 18.7 Å². The first-order chi connectivity index (χ1) is 3.79. The zero-order valence-electron chi connectivity index (χ0n) is 3.45. The second-order valence-electron chi connectivity index (χ2n) is 0.837. The Labute approximate surface area is 45.4 Å². The molecule has 1 aliphatic rings. The molecule has 8 heavy (non-hydrogen) atoms. The molecule has 0 spiro atoms. The van der Waals surface area contributed by atoms with Crippen molar-refractivity contribution in [2.45, 2.75) is 0 Å². The summed E-state index contributed by atoms with van der Waals surface area (Å²) in [5, 5.41) is 3.63. The van der Waals surface area contributed by atoms with Crippen molar-refractivity contribution in [1.82, 2.24) is 0 Å². The topological polar surface area (TPSA) is 71.1 Å². The molecule has 0 amide bonds. The Morgan fingerprint density at radius 1 is 1.00 bits per heavy atom. The number of hydrogen-bond acceptors (Lipinski definition) is 6. The fourth-order valence-electron chi connectivity index (χ4n) is 0.175. The lowest BCUT2D eigenvalue weighted by molar-refractivity contribution is -0.421. The lowest BCUT2D eigenvalue weighted by Crippen LogP contribution is -1.89. The molecule has 1 heterocycles. The fourth-order valence-corrected chi connectivity index (χ4v) is 1.24. The molecule has 1 rings (SSSR count). The standard InChI is InChI=1S/H2O6P2/c1-7-4-3-5-8(2)6-7/h7-8H. The highest BCUT2D eigenvalue weighted by atomic mass is 31.2. The zero-order valence-corrected chi connectivity index (χ0v) is 5.45. The third-order valence-electron chi connectivity index (χ3n) is 0.371. The van der Waals surface area contributed by atoms with Crippen LogP contribution in [0.25, 0.3) is 0 Å². The molecule has 0 aromatic heterocycles. The van der Waals surface area contributed by atoms with E-state index in [9.17, 15) is 9.13 Å². The molecule has 2 atom stereocenters. The van der Waals surface area contributed by atoms with Gasteiger partial charge in [-0.1, -0.05) is 5.04 Å². The summed E-state index contributed by atoms with van der Waals surface area (Å²) in [7, 11) is -5.41. The largest absolute Gasteiger partial charge is 0.357 e. The van der Waals surface area contributed by atoms with Crippen LogP contribution in [-0.2, 0) is 27.8 Å². The van der Waals surface area contributed by atoms with Crippen LogP contribution in [0.2, 0.25) is 0 Å². The first-order valence-electron chi connectivity index (χ1n) is 1.56. The summed E-state index contributed by atoms with van der Waals surface area (Å²) in [6.45, 7) is 0. The zero-order chi connectivity index (χ0) is 5.98. The maximum atomic E-state index is 10.0. The Kier molecular flexibility index (Phi) is 2.19. The number of rotatable bonds is 0. The predicted molar refractivity (Wildman–Crippen MR) is 22.3 cm³/mol. The van der Waals surface area contributed by atoms with Gasteiger partial charge in [-0.3, -0.25) is 9.13 Å². The lowest BCUT2D eigenvalue weighted by Gasteiger charge is -2.06. The Balaban J connectivity index is 2.45. The molecular formula is H2O6P2. The molecule has 0 bridgehead atoms. The van der Waals surface area contributed by atoms with Gasteiger partial charge in [-0.25, -0.2) is 4.31 Å². The van der Waals surface area contributed by atoms with Crippen molar-refractivity contribution in [1.29, 1.82) is 0 Å². The van der Waals surface area contributed by atoms with Crippen molar-refractivity contribution in [3.8, 4) is 0 Å². The predicted octanol–water partition coefficient (Wildman–Crippen LogP) is 0.676. The average molecular weight is 160 g/mol. The van der Waals surface area contributed by atoms with E-state index in [0.717, 1.165) is 0 Å². The Morgan fingerprint density at radius 3 is 1.75 bits per heavy atom. The van der Waals surface area contributed by atoms with E-state index in [0.29, 0.717) is 0 Å². The van der Waals surface area contributed by atoms with E-state index in [1.165, 1.54) is 0 Å². The molecule has 1 aliphatic heterocycles. The smallest absolute Gasteiger partial charge is 0.260 e. The van der Waals surface area contributed by atoms with Crippen LogP contribution >= 0.6 is 16.5 Å². The molecule has 0 radical (unpaired) electrons. The van der Waals surface area contributed by atoms with Crippen LogP contribution < -0.4 is 0 Å². The molecule has 1 fully saturated rings. The molecule has 0 aliphatic carbocycles. The third kappa shape index (κ3) is 1.67. The molecule has 48 valence electrons. The summed E-state index contributed by atoms with van der Waals surface area (Å²) < 4.78 is 31.6. The molecule has 8 heteroatoms. The lowest BCUT2D eigenvalue weighted by atomic mass is 14.6. The fraction of sp³-hybridized carbons (Fsp3) is 0. The average Bonchev–Trinajstić information content (AvgIpc) is 1.64. The number of hydrogen-bond donors (Lipinski definition) is 0. The second-order valence-corrected chi connectivity index (χ2v) is 2.99. The monoisotopic (exact) mass is 160 g/mol. The maximum Gasteiger partial charge on any atom is 0.357 e. The van der Waals surface area contributed by atoms with Gasteiger partial charge in [0.25, 0.3) is 0 Å². The van der Waals surface area contributed by atoms with E-state index in [4.69, 9.17) is 0 Å². The summed E-state index contributed by atoms with van der Waals surface area (Å²) >= 11 is 0. The molecule has 0 saturated carbocycles. The van der Waals surface area contributed by atoms with Gasteiger partial charge in [0, 0.05) is 0 Å². The van der Waals surface area contributed by atoms with Crippen LogP contribution in [0.3, 0.4) is 0 Å². The second kappa shape index (κ2) is 2.73. The van der Waals surface area contributed by atoms with Gasteiger partial charge in [-0.05, 0) is 0 Å². The third-order valence-corrected chi connectivity index (χ3v) is 2.11. The van der Waals surface area contributed by atoms with Crippen LogP contribution in [0.4, 0.5) is 0 Å².